The predicted molar refractivity (Wildman–Crippen MR) is 61.7 cm³/mol. The van der Waals surface area contributed by atoms with Gasteiger partial charge in [0.25, 0.3) is 0 Å². The summed E-state index contributed by atoms with van der Waals surface area (Å²) >= 11 is 3.54. The van der Waals surface area contributed by atoms with E-state index in [9.17, 15) is 4.79 Å². The number of hydrogen-bond donors (Lipinski definition) is 1. The van der Waals surface area contributed by atoms with Crippen LogP contribution in [0.4, 0.5) is 0 Å². The van der Waals surface area contributed by atoms with Crippen molar-refractivity contribution in [3.05, 3.63) is 35.4 Å². The van der Waals surface area contributed by atoms with Crippen molar-refractivity contribution in [2.45, 2.75) is 24.6 Å². The van der Waals surface area contributed by atoms with Crippen molar-refractivity contribution in [2.24, 2.45) is 5.73 Å². The van der Waals surface area contributed by atoms with Crippen LogP contribution in [0.3, 0.4) is 0 Å². The fourth-order valence-corrected chi connectivity index (χ4v) is 1.67. The standard InChI is InChI=1S/C11H14BrNO/c1-2-9(12)7-8-5-3-4-6-10(8)11(13)14/h3-6,9H,2,7H2,1H3,(H2,13,14). The first kappa shape index (κ1) is 11.2. The highest BCUT2D eigenvalue weighted by Gasteiger charge is 2.10. The van der Waals surface area contributed by atoms with E-state index < -0.39 is 0 Å². The van der Waals surface area contributed by atoms with E-state index in [-0.39, 0.29) is 5.91 Å². The normalized spacial score (nSPS) is 12.4. The summed E-state index contributed by atoms with van der Waals surface area (Å²) in [5, 5.41) is 0. The number of halogens is 1. The number of alkyl halides is 1. The molecule has 1 aromatic rings. The predicted octanol–water partition coefficient (Wildman–Crippen LogP) is 2.50. The van der Waals surface area contributed by atoms with Crippen LogP contribution in [0.15, 0.2) is 24.3 Å². The zero-order valence-corrected chi connectivity index (χ0v) is 9.75. The third-order valence-corrected chi connectivity index (χ3v) is 3.14. The van der Waals surface area contributed by atoms with Crippen molar-refractivity contribution in [3.8, 4) is 0 Å². The highest BCUT2D eigenvalue weighted by Crippen LogP contribution is 2.16. The molecule has 0 radical (unpaired) electrons. The Bertz CT molecular complexity index is 325. The largest absolute Gasteiger partial charge is 0.366 e. The highest BCUT2D eigenvalue weighted by atomic mass is 79.9. The fourth-order valence-electron chi connectivity index (χ4n) is 1.32. The molecular weight excluding hydrogens is 242 g/mol. The summed E-state index contributed by atoms with van der Waals surface area (Å²) in [6.07, 6.45) is 1.88. The smallest absolute Gasteiger partial charge is 0.248 e. The summed E-state index contributed by atoms with van der Waals surface area (Å²) in [4.78, 5) is 11.5. The first-order valence-electron chi connectivity index (χ1n) is 4.67. The van der Waals surface area contributed by atoms with Crippen molar-refractivity contribution in [1.82, 2.24) is 0 Å². The van der Waals surface area contributed by atoms with Crippen molar-refractivity contribution < 1.29 is 4.79 Å². The van der Waals surface area contributed by atoms with Gasteiger partial charge in [-0.2, -0.15) is 0 Å². The van der Waals surface area contributed by atoms with Gasteiger partial charge >= 0.3 is 0 Å². The molecule has 2 N–H and O–H groups in total. The minimum atomic E-state index is -0.351. The minimum Gasteiger partial charge on any atom is -0.366 e. The van der Waals surface area contributed by atoms with E-state index in [0.717, 1.165) is 18.4 Å². The third-order valence-electron chi connectivity index (χ3n) is 2.17. The average Bonchev–Trinajstić information content (AvgIpc) is 2.18. The summed E-state index contributed by atoms with van der Waals surface area (Å²) in [5.41, 5.74) is 6.92. The SMILES string of the molecule is CCC(Br)Cc1ccccc1C(N)=O. The molecule has 14 heavy (non-hydrogen) atoms. The first-order chi connectivity index (χ1) is 6.65. The fraction of sp³-hybridized carbons (Fsp3) is 0.364. The van der Waals surface area contributed by atoms with Crippen molar-refractivity contribution >= 4 is 21.8 Å². The summed E-state index contributed by atoms with van der Waals surface area (Å²) in [5.74, 6) is -0.351. The number of hydrogen-bond acceptors (Lipinski definition) is 1. The second kappa shape index (κ2) is 5.15. The zero-order chi connectivity index (χ0) is 10.6. The van der Waals surface area contributed by atoms with Gasteiger partial charge in [0.2, 0.25) is 5.91 Å². The van der Waals surface area contributed by atoms with Crippen LogP contribution in [-0.4, -0.2) is 10.7 Å². The van der Waals surface area contributed by atoms with Gasteiger partial charge in [0.1, 0.15) is 0 Å². The summed E-state index contributed by atoms with van der Waals surface area (Å²) in [7, 11) is 0. The van der Waals surface area contributed by atoms with Crippen LogP contribution in [0.2, 0.25) is 0 Å². The summed E-state index contributed by atoms with van der Waals surface area (Å²) < 4.78 is 0. The van der Waals surface area contributed by atoms with E-state index in [1.165, 1.54) is 0 Å². The molecule has 0 aromatic heterocycles. The molecule has 0 saturated heterocycles. The van der Waals surface area contributed by atoms with Gasteiger partial charge < -0.3 is 5.73 Å². The van der Waals surface area contributed by atoms with Crippen LogP contribution < -0.4 is 5.73 Å². The van der Waals surface area contributed by atoms with E-state index in [2.05, 4.69) is 22.9 Å². The molecule has 2 nitrogen and oxygen atoms in total. The number of nitrogens with two attached hydrogens (primary N) is 1. The maximum absolute atomic E-state index is 11.1. The minimum absolute atomic E-state index is 0.351. The molecule has 0 aliphatic carbocycles. The molecule has 0 heterocycles. The van der Waals surface area contributed by atoms with Gasteiger partial charge in [0.05, 0.1) is 0 Å². The molecule has 0 bridgehead atoms. The van der Waals surface area contributed by atoms with Gasteiger partial charge in [0, 0.05) is 10.4 Å². The maximum Gasteiger partial charge on any atom is 0.248 e. The van der Waals surface area contributed by atoms with Gasteiger partial charge in [-0.1, -0.05) is 41.1 Å². The molecule has 1 unspecified atom stereocenters. The second-order valence-corrected chi connectivity index (χ2v) is 4.53. The molecule has 0 aliphatic heterocycles. The van der Waals surface area contributed by atoms with Crippen LogP contribution in [0, 0.1) is 0 Å². The van der Waals surface area contributed by atoms with E-state index in [1.807, 2.05) is 18.2 Å². The Kier molecular flexibility index (Phi) is 4.14. The lowest BCUT2D eigenvalue weighted by Gasteiger charge is -2.09. The number of amides is 1. The van der Waals surface area contributed by atoms with Gasteiger partial charge in [-0.15, -0.1) is 0 Å². The Morgan fingerprint density at radius 3 is 2.71 bits per heavy atom. The zero-order valence-electron chi connectivity index (χ0n) is 8.16. The molecule has 1 aromatic carbocycles. The number of carbonyl (C=O) groups is 1. The lowest BCUT2D eigenvalue weighted by atomic mass is 10.0. The molecular formula is C11H14BrNO. The second-order valence-electron chi connectivity index (χ2n) is 3.23. The Morgan fingerprint density at radius 2 is 2.14 bits per heavy atom. The molecule has 1 atom stereocenters. The van der Waals surface area contributed by atoms with Crippen LogP contribution in [0.5, 0.6) is 0 Å². The maximum atomic E-state index is 11.1. The van der Waals surface area contributed by atoms with Gasteiger partial charge in [-0.05, 0) is 24.5 Å². The van der Waals surface area contributed by atoms with Crippen LogP contribution in [-0.2, 0) is 6.42 Å². The van der Waals surface area contributed by atoms with E-state index in [4.69, 9.17) is 5.73 Å². The number of carbonyl (C=O) groups excluding carboxylic acids is 1. The topological polar surface area (TPSA) is 43.1 Å². The Labute approximate surface area is 92.6 Å². The van der Waals surface area contributed by atoms with Gasteiger partial charge in [-0.25, -0.2) is 0 Å². The summed E-state index contributed by atoms with van der Waals surface area (Å²) in [6.45, 7) is 2.10. The van der Waals surface area contributed by atoms with E-state index >= 15 is 0 Å². The number of benzene rings is 1. The molecule has 76 valence electrons. The van der Waals surface area contributed by atoms with Crippen molar-refractivity contribution in [3.63, 3.8) is 0 Å². The molecule has 1 amide bonds. The molecule has 3 heteroatoms. The molecule has 0 aliphatic rings. The van der Waals surface area contributed by atoms with Crippen LogP contribution >= 0.6 is 15.9 Å². The Morgan fingerprint density at radius 1 is 1.50 bits per heavy atom. The molecule has 0 fully saturated rings. The van der Waals surface area contributed by atoms with Gasteiger partial charge in [0.15, 0.2) is 0 Å². The first-order valence-corrected chi connectivity index (χ1v) is 5.58. The lowest BCUT2D eigenvalue weighted by molar-refractivity contribution is 0.0999. The summed E-state index contributed by atoms with van der Waals surface area (Å²) in [6, 6.07) is 7.48. The Hall–Kier alpha value is -0.830. The van der Waals surface area contributed by atoms with Crippen molar-refractivity contribution in [1.29, 1.82) is 0 Å². The molecule has 0 saturated carbocycles. The third kappa shape index (κ3) is 2.84. The lowest BCUT2D eigenvalue weighted by Crippen LogP contribution is -2.15. The average molecular weight is 256 g/mol. The van der Waals surface area contributed by atoms with E-state index in [1.54, 1.807) is 6.07 Å². The molecule has 0 spiro atoms. The highest BCUT2D eigenvalue weighted by molar-refractivity contribution is 9.09. The monoisotopic (exact) mass is 255 g/mol. The number of rotatable bonds is 4. The molecule has 1 rings (SSSR count). The van der Waals surface area contributed by atoms with Crippen molar-refractivity contribution in [2.75, 3.05) is 0 Å². The van der Waals surface area contributed by atoms with Gasteiger partial charge in [-0.3, -0.25) is 4.79 Å². The Balaban J connectivity index is 2.90. The quantitative estimate of drug-likeness (QED) is 0.826. The van der Waals surface area contributed by atoms with Crippen LogP contribution in [0.1, 0.15) is 29.3 Å². The van der Waals surface area contributed by atoms with E-state index in [0.29, 0.717) is 10.4 Å². The van der Waals surface area contributed by atoms with Crippen LogP contribution in [0.25, 0.3) is 0 Å². The number of primary amides is 1.